The van der Waals surface area contributed by atoms with Crippen molar-refractivity contribution in [3.05, 3.63) is 62.5 Å². The van der Waals surface area contributed by atoms with Crippen LogP contribution in [0, 0.1) is 0 Å². The number of benzene rings is 1. The maximum Gasteiger partial charge on any atom is 0.222 e. The highest BCUT2D eigenvalue weighted by molar-refractivity contribution is 7.10. The predicted octanol–water partition coefficient (Wildman–Crippen LogP) is 4.79. The summed E-state index contributed by atoms with van der Waals surface area (Å²) >= 11 is 13.9. The van der Waals surface area contributed by atoms with E-state index in [2.05, 4.69) is 32.9 Å². The molecule has 1 N–H and O–H groups in total. The van der Waals surface area contributed by atoms with Crippen molar-refractivity contribution in [2.24, 2.45) is 0 Å². The Hall–Kier alpha value is -1.56. The smallest absolute Gasteiger partial charge is 0.222 e. The summed E-state index contributed by atoms with van der Waals surface area (Å²) in [4.78, 5) is 5.60. The van der Waals surface area contributed by atoms with E-state index in [1.807, 2.05) is 22.9 Å². The van der Waals surface area contributed by atoms with E-state index in [1.165, 1.54) is 4.88 Å². The van der Waals surface area contributed by atoms with Gasteiger partial charge in [0.05, 0.1) is 22.1 Å². The minimum atomic E-state index is 0.124. The molecule has 4 nitrogen and oxygen atoms in total. The van der Waals surface area contributed by atoms with Crippen molar-refractivity contribution < 1.29 is 0 Å². The predicted molar refractivity (Wildman–Crippen MR) is 89.9 cm³/mol. The SMILES string of the molecule is Clc1ccc([C@@H]2C[C@@H](c3cccs3)n3ncnc3N2)cc1Cl. The fourth-order valence-corrected chi connectivity index (χ4v) is 3.92. The van der Waals surface area contributed by atoms with Gasteiger partial charge in [0.15, 0.2) is 0 Å². The number of nitrogens with zero attached hydrogens (tertiary/aromatic N) is 3. The Morgan fingerprint density at radius 3 is 2.91 bits per heavy atom. The fourth-order valence-electron chi connectivity index (χ4n) is 2.79. The molecule has 1 aromatic carbocycles. The van der Waals surface area contributed by atoms with Gasteiger partial charge in [-0.2, -0.15) is 10.1 Å². The molecule has 0 aliphatic carbocycles. The van der Waals surface area contributed by atoms with Gasteiger partial charge in [-0.1, -0.05) is 35.3 Å². The van der Waals surface area contributed by atoms with Gasteiger partial charge >= 0.3 is 0 Å². The third kappa shape index (κ3) is 2.39. The van der Waals surface area contributed by atoms with E-state index in [-0.39, 0.29) is 12.1 Å². The first-order valence-electron chi connectivity index (χ1n) is 6.87. The lowest BCUT2D eigenvalue weighted by Gasteiger charge is -2.31. The molecule has 2 aromatic heterocycles. The zero-order valence-corrected chi connectivity index (χ0v) is 13.7. The van der Waals surface area contributed by atoms with Gasteiger partial charge < -0.3 is 5.32 Å². The molecule has 0 bridgehead atoms. The summed E-state index contributed by atoms with van der Waals surface area (Å²) < 4.78 is 1.94. The summed E-state index contributed by atoms with van der Waals surface area (Å²) in [5.74, 6) is 0.778. The van der Waals surface area contributed by atoms with Crippen molar-refractivity contribution in [1.82, 2.24) is 14.8 Å². The molecule has 3 aromatic rings. The standard InChI is InChI=1S/C15H12Cl2N4S/c16-10-4-3-9(6-11(10)17)12-7-13(14-2-1-5-22-14)21-15(20-12)18-8-19-21/h1-6,8,12-13H,7H2,(H,18,19,20)/t12-,13-/m0/s1. The molecular formula is C15H12Cl2N4S. The molecule has 1 aliphatic heterocycles. The van der Waals surface area contributed by atoms with Gasteiger partial charge in [-0.15, -0.1) is 11.3 Å². The van der Waals surface area contributed by atoms with Crippen LogP contribution in [0.25, 0.3) is 0 Å². The second-order valence-corrected chi connectivity index (χ2v) is 6.96. The number of hydrogen-bond donors (Lipinski definition) is 1. The Labute approximate surface area is 141 Å². The monoisotopic (exact) mass is 350 g/mol. The van der Waals surface area contributed by atoms with Gasteiger partial charge in [-0.25, -0.2) is 4.68 Å². The molecule has 0 saturated carbocycles. The van der Waals surface area contributed by atoms with E-state index in [9.17, 15) is 0 Å². The van der Waals surface area contributed by atoms with E-state index in [1.54, 1.807) is 17.7 Å². The number of rotatable bonds is 2. The number of thiophene rings is 1. The average molecular weight is 351 g/mol. The van der Waals surface area contributed by atoms with Crippen molar-refractivity contribution in [3.8, 4) is 0 Å². The molecule has 112 valence electrons. The molecular weight excluding hydrogens is 339 g/mol. The molecule has 3 heterocycles. The van der Waals surface area contributed by atoms with Crippen molar-refractivity contribution in [2.45, 2.75) is 18.5 Å². The number of aromatic nitrogens is 3. The van der Waals surface area contributed by atoms with E-state index < -0.39 is 0 Å². The highest BCUT2D eigenvalue weighted by atomic mass is 35.5. The summed E-state index contributed by atoms with van der Waals surface area (Å²) in [6, 6.07) is 10.3. The Morgan fingerprint density at radius 1 is 1.23 bits per heavy atom. The molecule has 0 fully saturated rings. The quantitative estimate of drug-likeness (QED) is 0.722. The van der Waals surface area contributed by atoms with Crippen LogP contribution in [-0.4, -0.2) is 14.8 Å². The topological polar surface area (TPSA) is 42.7 Å². The van der Waals surface area contributed by atoms with Crippen LogP contribution in [0.1, 0.15) is 28.9 Å². The molecule has 0 spiro atoms. The lowest BCUT2D eigenvalue weighted by atomic mass is 9.97. The van der Waals surface area contributed by atoms with Crippen molar-refractivity contribution in [3.63, 3.8) is 0 Å². The lowest BCUT2D eigenvalue weighted by molar-refractivity contribution is 0.436. The maximum absolute atomic E-state index is 6.16. The van der Waals surface area contributed by atoms with Gasteiger partial charge in [0.25, 0.3) is 0 Å². The second-order valence-electron chi connectivity index (χ2n) is 5.17. The van der Waals surface area contributed by atoms with Crippen LogP contribution in [0.5, 0.6) is 0 Å². The molecule has 0 unspecified atom stereocenters. The van der Waals surface area contributed by atoms with Crippen LogP contribution < -0.4 is 5.32 Å². The number of nitrogens with one attached hydrogen (secondary N) is 1. The van der Waals surface area contributed by atoms with Gasteiger partial charge in [-0.3, -0.25) is 0 Å². The first kappa shape index (κ1) is 14.1. The zero-order chi connectivity index (χ0) is 15.1. The Kier molecular flexibility index (Phi) is 3.56. The Bertz CT molecular complexity index is 800. The number of halogens is 2. The van der Waals surface area contributed by atoms with Gasteiger partial charge in [0.1, 0.15) is 6.33 Å². The first-order valence-corrected chi connectivity index (χ1v) is 8.50. The second kappa shape index (κ2) is 5.57. The van der Waals surface area contributed by atoms with Gasteiger partial charge in [-0.05, 0) is 35.6 Å². The highest BCUT2D eigenvalue weighted by Gasteiger charge is 2.30. The van der Waals surface area contributed by atoms with Gasteiger partial charge in [0.2, 0.25) is 5.95 Å². The molecule has 7 heteroatoms. The molecule has 1 aliphatic rings. The summed E-state index contributed by atoms with van der Waals surface area (Å²) in [6.45, 7) is 0. The molecule has 0 radical (unpaired) electrons. The maximum atomic E-state index is 6.16. The van der Waals surface area contributed by atoms with E-state index in [4.69, 9.17) is 23.2 Å². The van der Waals surface area contributed by atoms with Crippen LogP contribution in [0.2, 0.25) is 10.0 Å². The van der Waals surface area contributed by atoms with E-state index in [0.29, 0.717) is 10.0 Å². The molecule has 4 rings (SSSR count). The van der Waals surface area contributed by atoms with Crippen molar-refractivity contribution in [2.75, 3.05) is 5.32 Å². The van der Waals surface area contributed by atoms with E-state index >= 15 is 0 Å². The fraction of sp³-hybridized carbons (Fsp3) is 0.200. The highest BCUT2D eigenvalue weighted by Crippen LogP contribution is 2.39. The number of anilines is 1. The molecule has 22 heavy (non-hydrogen) atoms. The average Bonchev–Trinajstić information content (AvgIpc) is 3.19. The van der Waals surface area contributed by atoms with Gasteiger partial charge in [0, 0.05) is 4.88 Å². The third-order valence-electron chi connectivity index (χ3n) is 3.85. The number of fused-ring (bicyclic) bond motifs is 1. The summed E-state index contributed by atoms with van der Waals surface area (Å²) in [5, 5.41) is 11.0. The lowest BCUT2D eigenvalue weighted by Crippen LogP contribution is -2.27. The zero-order valence-electron chi connectivity index (χ0n) is 11.4. The van der Waals surface area contributed by atoms with Crippen LogP contribution in [0.4, 0.5) is 5.95 Å². The van der Waals surface area contributed by atoms with Crippen LogP contribution in [0.15, 0.2) is 42.0 Å². The summed E-state index contributed by atoms with van der Waals surface area (Å²) in [7, 11) is 0. The minimum Gasteiger partial charge on any atom is -0.348 e. The van der Waals surface area contributed by atoms with Crippen molar-refractivity contribution in [1.29, 1.82) is 0 Å². The van der Waals surface area contributed by atoms with Crippen LogP contribution in [-0.2, 0) is 0 Å². The number of hydrogen-bond acceptors (Lipinski definition) is 4. The van der Waals surface area contributed by atoms with Crippen molar-refractivity contribution >= 4 is 40.5 Å². The largest absolute Gasteiger partial charge is 0.348 e. The van der Waals surface area contributed by atoms with Crippen LogP contribution >= 0.6 is 34.5 Å². The Balaban J connectivity index is 1.73. The Morgan fingerprint density at radius 2 is 2.14 bits per heavy atom. The first-order chi connectivity index (χ1) is 10.7. The molecule has 0 amide bonds. The summed E-state index contributed by atoms with van der Waals surface area (Å²) in [6.07, 6.45) is 2.47. The van der Waals surface area contributed by atoms with Crippen LogP contribution in [0.3, 0.4) is 0 Å². The molecule has 0 saturated heterocycles. The third-order valence-corrected chi connectivity index (χ3v) is 5.56. The minimum absolute atomic E-state index is 0.124. The summed E-state index contributed by atoms with van der Waals surface area (Å²) in [5.41, 5.74) is 1.10. The molecule has 2 atom stereocenters. The van der Waals surface area contributed by atoms with E-state index in [0.717, 1.165) is 17.9 Å². The normalized spacial score (nSPS) is 20.5.